The lowest BCUT2D eigenvalue weighted by molar-refractivity contribution is 0.0730. The van der Waals surface area contributed by atoms with Gasteiger partial charge in [0.15, 0.2) is 5.76 Å². The molecule has 1 aromatic carbocycles. The van der Waals surface area contributed by atoms with Crippen molar-refractivity contribution in [2.24, 2.45) is 5.10 Å². The molecule has 2 heterocycles. The van der Waals surface area contributed by atoms with Gasteiger partial charge in [0.1, 0.15) is 0 Å². The third kappa shape index (κ3) is 4.01. The van der Waals surface area contributed by atoms with Crippen molar-refractivity contribution in [1.82, 2.24) is 9.73 Å². The van der Waals surface area contributed by atoms with Crippen molar-refractivity contribution in [1.29, 1.82) is 0 Å². The zero-order chi connectivity index (χ0) is 18.6. The topological polar surface area (TPSA) is 101 Å². The Morgan fingerprint density at radius 3 is 2.46 bits per heavy atom. The zero-order valence-electron chi connectivity index (χ0n) is 14.2. The highest BCUT2D eigenvalue weighted by molar-refractivity contribution is 7.89. The number of carbonyl (C=O) groups excluding carboxylic acids is 1. The molecule has 138 valence electrons. The Labute approximate surface area is 151 Å². The van der Waals surface area contributed by atoms with Gasteiger partial charge in [-0.3, -0.25) is 4.79 Å². The molecule has 1 saturated heterocycles. The van der Waals surface area contributed by atoms with Gasteiger partial charge in [-0.05, 0) is 36.8 Å². The van der Waals surface area contributed by atoms with E-state index in [2.05, 4.69) is 10.5 Å². The molecule has 0 spiro atoms. The fraction of sp³-hybridized carbons (Fsp3) is 0.294. The van der Waals surface area contributed by atoms with E-state index < -0.39 is 15.9 Å². The van der Waals surface area contributed by atoms with Crippen molar-refractivity contribution in [3.8, 4) is 0 Å². The number of nitrogens with one attached hydrogen (secondary N) is 1. The molecule has 2 aromatic rings. The van der Waals surface area contributed by atoms with Crippen LogP contribution in [0, 0.1) is 0 Å². The molecule has 8 nitrogen and oxygen atoms in total. The molecule has 0 atom stereocenters. The Bertz CT molecular complexity index is 883. The highest BCUT2D eigenvalue weighted by atomic mass is 32.2. The lowest BCUT2D eigenvalue weighted by atomic mass is 10.1. The number of furan rings is 1. The van der Waals surface area contributed by atoms with E-state index in [0.29, 0.717) is 37.6 Å². The summed E-state index contributed by atoms with van der Waals surface area (Å²) >= 11 is 0. The Kier molecular flexibility index (Phi) is 5.50. The molecule has 9 heteroatoms. The lowest BCUT2D eigenvalue weighted by Crippen LogP contribution is -2.40. The summed E-state index contributed by atoms with van der Waals surface area (Å²) in [5.74, 6) is -0.297. The second-order valence-corrected chi connectivity index (χ2v) is 7.59. The molecule has 1 fully saturated rings. The minimum absolute atomic E-state index is 0.161. The number of sulfonamides is 1. The van der Waals surface area contributed by atoms with Crippen LogP contribution in [-0.4, -0.2) is 50.6 Å². The summed E-state index contributed by atoms with van der Waals surface area (Å²) in [5, 5.41) is 4.01. The van der Waals surface area contributed by atoms with Crippen LogP contribution in [0.5, 0.6) is 0 Å². The van der Waals surface area contributed by atoms with E-state index in [1.165, 1.54) is 28.8 Å². The summed E-state index contributed by atoms with van der Waals surface area (Å²) in [5.41, 5.74) is 3.64. The molecule has 0 saturated carbocycles. The minimum Gasteiger partial charge on any atom is -0.459 e. The average Bonchev–Trinajstić information content (AvgIpc) is 3.21. The van der Waals surface area contributed by atoms with Gasteiger partial charge in [0.25, 0.3) is 0 Å². The molecule has 3 rings (SSSR count). The first kappa shape index (κ1) is 18.3. The van der Waals surface area contributed by atoms with Gasteiger partial charge in [0.2, 0.25) is 10.0 Å². The fourth-order valence-electron chi connectivity index (χ4n) is 2.47. The van der Waals surface area contributed by atoms with E-state index in [-0.39, 0.29) is 10.7 Å². The smallest absolute Gasteiger partial charge is 0.307 e. The molecule has 0 unspecified atom stereocenters. The van der Waals surface area contributed by atoms with E-state index in [4.69, 9.17) is 9.15 Å². The number of morpholine rings is 1. The first-order valence-electron chi connectivity index (χ1n) is 8.05. The van der Waals surface area contributed by atoms with Gasteiger partial charge in [-0.15, -0.1) is 0 Å². The van der Waals surface area contributed by atoms with Gasteiger partial charge in [-0.25, -0.2) is 13.8 Å². The van der Waals surface area contributed by atoms with Crippen LogP contribution in [0.25, 0.3) is 0 Å². The van der Waals surface area contributed by atoms with Gasteiger partial charge in [0, 0.05) is 13.1 Å². The van der Waals surface area contributed by atoms with Crippen molar-refractivity contribution < 1.29 is 22.4 Å². The quantitative estimate of drug-likeness (QED) is 0.628. The lowest BCUT2D eigenvalue weighted by Gasteiger charge is -2.26. The predicted molar refractivity (Wildman–Crippen MR) is 94.4 cm³/mol. The average molecular weight is 377 g/mol. The Morgan fingerprint density at radius 2 is 1.85 bits per heavy atom. The maximum absolute atomic E-state index is 12.6. The van der Waals surface area contributed by atoms with Gasteiger partial charge in [-0.1, -0.05) is 12.1 Å². The normalized spacial score (nSPS) is 16.4. The summed E-state index contributed by atoms with van der Waals surface area (Å²) in [7, 11) is -3.53. The Morgan fingerprint density at radius 1 is 1.15 bits per heavy atom. The SMILES string of the molecule is C/C(=N\NC(=O)c1ccco1)c1ccc(S(=O)(=O)N2CCOCC2)cc1. The van der Waals surface area contributed by atoms with Crippen LogP contribution in [-0.2, 0) is 14.8 Å². The summed E-state index contributed by atoms with van der Waals surface area (Å²) in [4.78, 5) is 12.0. The molecule has 1 aliphatic rings. The van der Waals surface area contributed by atoms with Crippen LogP contribution >= 0.6 is 0 Å². The standard InChI is InChI=1S/C17H19N3O5S/c1-13(18-19-17(21)16-3-2-10-25-16)14-4-6-15(7-5-14)26(22,23)20-8-11-24-12-9-20/h2-7,10H,8-9,11-12H2,1H3,(H,19,21)/b18-13+. The summed E-state index contributed by atoms with van der Waals surface area (Å²) < 4.78 is 36.8. The number of hydrogen-bond acceptors (Lipinski definition) is 6. The number of ether oxygens (including phenoxy) is 1. The molecule has 0 bridgehead atoms. The first-order valence-corrected chi connectivity index (χ1v) is 9.49. The number of nitrogens with zero attached hydrogens (tertiary/aromatic N) is 2. The highest BCUT2D eigenvalue weighted by Gasteiger charge is 2.26. The summed E-state index contributed by atoms with van der Waals surface area (Å²) in [6.45, 7) is 3.22. The fourth-order valence-corrected chi connectivity index (χ4v) is 3.87. The number of hydrazone groups is 1. The van der Waals surface area contributed by atoms with Gasteiger partial charge >= 0.3 is 5.91 Å². The zero-order valence-corrected chi connectivity index (χ0v) is 15.0. The van der Waals surface area contributed by atoms with E-state index in [1.807, 2.05) is 0 Å². The minimum atomic E-state index is -3.53. The number of hydrogen-bond donors (Lipinski definition) is 1. The largest absolute Gasteiger partial charge is 0.459 e. The van der Waals surface area contributed by atoms with Crippen LogP contribution in [0.1, 0.15) is 23.0 Å². The first-order chi connectivity index (χ1) is 12.5. The number of benzene rings is 1. The van der Waals surface area contributed by atoms with Gasteiger partial charge in [0.05, 0.1) is 30.1 Å². The molecule has 1 aromatic heterocycles. The van der Waals surface area contributed by atoms with E-state index in [0.717, 1.165) is 0 Å². The molecule has 1 amide bonds. The van der Waals surface area contributed by atoms with Crippen molar-refractivity contribution in [2.45, 2.75) is 11.8 Å². The third-order valence-electron chi connectivity index (χ3n) is 3.95. The number of carbonyl (C=O) groups is 1. The maximum Gasteiger partial charge on any atom is 0.307 e. The van der Waals surface area contributed by atoms with Crippen molar-refractivity contribution in [3.05, 3.63) is 54.0 Å². The molecule has 1 aliphatic heterocycles. The van der Waals surface area contributed by atoms with Crippen molar-refractivity contribution in [2.75, 3.05) is 26.3 Å². The molecule has 1 N–H and O–H groups in total. The van der Waals surface area contributed by atoms with Crippen molar-refractivity contribution >= 4 is 21.6 Å². The molecule has 0 radical (unpaired) electrons. The van der Waals surface area contributed by atoms with Crippen LogP contribution in [0.4, 0.5) is 0 Å². The van der Waals surface area contributed by atoms with Crippen LogP contribution in [0.15, 0.2) is 57.1 Å². The van der Waals surface area contributed by atoms with Crippen LogP contribution in [0.2, 0.25) is 0 Å². The number of rotatable bonds is 5. The van der Waals surface area contributed by atoms with Crippen molar-refractivity contribution in [3.63, 3.8) is 0 Å². The van der Waals surface area contributed by atoms with Crippen LogP contribution < -0.4 is 5.43 Å². The molecule has 0 aliphatic carbocycles. The van der Waals surface area contributed by atoms with E-state index >= 15 is 0 Å². The Balaban J connectivity index is 1.70. The second kappa shape index (κ2) is 7.81. The summed E-state index contributed by atoms with van der Waals surface area (Å²) in [6.07, 6.45) is 1.40. The predicted octanol–water partition coefficient (Wildman–Crippen LogP) is 1.45. The summed E-state index contributed by atoms with van der Waals surface area (Å²) in [6, 6.07) is 9.53. The Hall–Kier alpha value is -2.49. The van der Waals surface area contributed by atoms with E-state index in [9.17, 15) is 13.2 Å². The molecular weight excluding hydrogens is 358 g/mol. The molecular formula is C17H19N3O5S. The second-order valence-electron chi connectivity index (χ2n) is 5.66. The van der Waals surface area contributed by atoms with Gasteiger partial charge in [-0.2, -0.15) is 9.41 Å². The molecule has 26 heavy (non-hydrogen) atoms. The third-order valence-corrected chi connectivity index (χ3v) is 5.86. The maximum atomic E-state index is 12.6. The highest BCUT2D eigenvalue weighted by Crippen LogP contribution is 2.18. The monoisotopic (exact) mass is 377 g/mol. The van der Waals surface area contributed by atoms with Crippen LogP contribution in [0.3, 0.4) is 0 Å². The van der Waals surface area contributed by atoms with E-state index in [1.54, 1.807) is 25.1 Å². The number of amides is 1. The van der Waals surface area contributed by atoms with Gasteiger partial charge < -0.3 is 9.15 Å².